The summed E-state index contributed by atoms with van der Waals surface area (Å²) in [4.78, 5) is 13.4. The summed E-state index contributed by atoms with van der Waals surface area (Å²) in [6, 6.07) is 0. The van der Waals surface area contributed by atoms with Gasteiger partial charge in [0.05, 0.1) is 4.92 Å². The second kappa shape index (κ2) is 2.77. The van der Waals surface area contributed by atoms with Crippen LogP contribution in [-0.4, -0.2) is 41.9 Å². The highest BCUT2D eigenvalue weighted by Crippen LogP contribution is 2.12. The van der Waals surface area contributed by atoms with E-state index in [-0.39, 0.29) is 0 Å². The van der Waals surface area contributed by atoms with E-state index in [9.17, 15) is 10.1 Å². The summed E-state index contributed by atoms with van der Waals surface area (Å²) < 4.78 is 0. The highest BCUT2D eigenvalue weighted by molar-refractivity contribution is 4.99. The van der Waals surface area contributed by atoms with Crippen LogP contribution in [0.3, 0.4) is 0 Å². The first kappa shape index (κ1) is 7.84. The van der Waals surface area contributed by atoms with Crippen molar-refractivity contribution < 1.29 is 4.92 Å². The third-order valence-corrected chi connectivity index (χ3v) is 1.77. The quantitative estimate of drug-likeness (QED) is 0.395. The van der Waals surface area contributed by atoms with Gasteiger partial charge >= 0.3 is 0 Å². The van der Waals surface area contributed by atoms with Gasteiger partial charge in [-0.1, -0.05) is 0 Å². The van der Waals surface area contributed by atoms with Crippen molar-refractivity contribution in [3.8, 4) is 0 Å². The topological polar surface area (TPSA) is 49.6 Å². The molecule has 0 aromatic carbocycles. The Kier molecular flexibility index (Phi) is 1.98. The lowest BCUT2D eigenvalue weighted by Gasteiger charge is -2.13. The summed E-state index contributed by atoms with van der Waals surface area (Å²) >= 11 is 0. The molecule has 0 aliphatic carbocycles. The van der Waals surface area contributed by atoms with Crippen molar-refractivity contribution in [1.29, 1.82) is 0 Å². The van der Waals surface area contributed by atoms with Gasteiger partial charge in [-0.15, -0.1) is 0 Å². The molecule has 0 unspecified atom stereocenters. The molecule has 5 nitrogen and oxygen atoms in total. The molecule has 0 spiro atoms. The average molecular weight is 157 g/mol. The van der Waals surface area contributed by atoms with Crippen LogP contribution in [0, 0.1) is 10.1 Å². The minimum absolute atomic E-state index is 0.423. The van der Waals surface area contributed by atoms with Crippen LogP contribution in [-0.2, 0) is 0 Å². The average Bonchev–Trinajstić information content (AvgIpc) is 2.18. The summed E-state index contributed by atoms with van der Waals surface area (Å²) in [5.74, 6) is 0.676. The van der Waals surface area contributed by atoms with Crippen molar-refractivity contribution in [1.82, 2.24) is 9.80 Å². The zero-order valence-corrected chi connectivity index (χ0v) is 6.65. The maximum Gasteiger partial charge on any atom is 0.274 e. The molecule has 1 aliphatic rings. The van der Waals surface area contributed by atoms with Crippen LogP contribution >= 0.6 is 0 Å². The zero-order chi connectivity index (χ0) is 8.43. The number of rotatable bonds is 1. The Balaban J connectivity index is 2.75. The zero-order valence-electron chi connectivity index (χ0n) is 6.65. The lowest BCUT2D eigenvalue weighted by molar-refractivity contribution is -0.405. The third-order valence-electron chi connectivity index (χ3n) is 1.77. The summed E-state index contributed by atoms with van der Waals surface area (Å²) in [5, 5.41) is 10.1. The first-order valence-corrected chi connectivity index (χ1v) is 3.39. The monoisotopic (exact) mass is 157 g/mol. The van der Waals surface area contributed by atoms with Gasteiger partial charge in [0.2, 0.25) is 0 Å². The molecule has 0 N–H and O–H groups in total. The fraction of sp³-hybridized carbons (Fsp3) is 0.667. The molecule has 0 bridgehead atoms. The SMILES string of the molecule is CN1CCN(C)C1=C[N+](=O)[O-]. The van der Waals surface area contributed by atoms with Crippen LogP contribution in [0.25, 0.3) is 0 Å². The second-order valence-corrected chi connectivity index (χ2v) is 2.62. The molecule has 5 heteroatoms. The van der Waals surface area contributed by atoms with Gasteiger partial charge in [-0.25, -0.2) is 0 Å². The number of hydrogen-bond acceptors (Lipinski definition) is 4. The van der Waals surface area contributed by atoms with Crippen LogP contribution < -0.4 is 0 Å². The van der Waals surface area contributed by atoms with Gasteiger partial charge in [0, 0.05) is 27.2 Å². The van der Waals surface area contributed by atoms with E-state index in [0.29, 0.717) is 5.82 Å². The van der Waals surface area contributed by atoms with E-state index in [2.05, 4.69) is 0 Å². The minimum atomic E-state index is -0.423. The van der Waals surface area contributed by atoms with E-state index in [4.69, 9.17) is 0 Å². The molecule has 1 aliphatic heterocycles. The van der Waals surface area contributed by atoms with Gasteiger partial charge in [0.15, 0.2) is 5.82 Å². The van der Waals surface area contributed by atoms with E-state index >= 15 is 0 Å². The third kappa shape index (κ3) is 1.60. The fourth-order valence-corrected chi connectivity index (χ4v) is 1.11. The minimum Gasteiger partial charge on any atom is -0.354 e. The van der Waals surface area contributed by atoms with Crippen LogP contribution in [0.1, 0.15) is 0 Å². The molecular weight excluding hydrogens is 146 g/mol. The molecule has 1 saturated heterocycles. The van der Waals surface area contributed by atoms with Gasteiger partial charge in [-0.05, 0) is 0 Å². The van der Waals surface area contributed by atoms with Gasteiger partial charge in [0.1, 0.15) is 0 Å². The molecule has 11 heavy (non-hydrogen) atoms. The Hall–Kier alpha value is -1.26. The highest BCUT2D eigenvalue weighted by atomic mass is 16.6. The lowest BCUT2D eigenvalue weighted by atomic mass is 10.6. The largest absolute Gasteiger partial charge is 0.354 e. The number of nitro groups is 1. The number of hydrogen-bond donors (Lipinski definition) is 0. The van der Waals surface area contributed by atoms with Crippen LogP contribution in [0.2, 0.25) is 0 Å². The molecular formula is C6H11N3O2. The summed E-state index contributed by atoms with van der Waals surface area (Å²) in [5.41, 5.74) is 0. The Morgan fingerprint density at radius 1 is 1.45 bits per heavy atom. The number of likely N-dealkylation sites (N-methyl/N-ethyl adjacent to an activating group) is 2. The molecule has 0 atom stereocenters. The van der Waals surface area contributed by atoms with E-state index in [1.54, 1.807) is 0 Å². The van der Waals surface area contributed by atoms with Crippen LogP contribution in [0.5, 0.6) is 0 Å². The Labute approximate surface area is 65.0 Å². The molecule has 0 saturated carbocycles. The Morgan fingerprint density at radius 2 is 1.91 bits per heavy atom. The van der Waals surface area contributed by atoms with E-state index in [1.807, 2.05) is 23.9 Å². The van der Waals surface area contributed by atoms with Gasteiger partial charge < -0.3 is 9.80 Å². The molecule has 0 aromatic heterocycles. The van der Waals surface area contributed by atoms with Gasteiger partial charge in [-0.2, -0.15) is 0 Å². The molecule has 62 valence electrons. The van der Waals surface area contributed by atoms with Crippen molar-refractivity contribution in [2.24, 2.45) is 0 Å². The maximum absolute atomic E-state index is 10.1. The molecule has 1 rings (SSSR count). The lowest BCUT2D eigenvalue weighted by Crippen LogP contribution is -2.17. The normalized spacial score (nSPS) is 17.5. The van der Waals surface area contributed by atoms with E-state index < -0.39 is 4.92 Å². The number of nitrogens with zero attached hydrogens (tertiary/aromatic N) is 3. The highest BCUT2D eigenvalue weighted by Gasteiger charge is 2.20. The molecule has 0 radical (unpaired) electrons. The van der Waals surface area contributed by atoms with Crippen molar-refractivity contribution in [2.45, 2.75) is 0 Å². The summed E-state index contributed by atoms with van der Waals surface area (Å²) in [6.45, 7) is 1.71. The maximum atomic E-state index is 10.1. The van der Waals surface area contributed by atoms with E-state index in [1.165, 1.54) is 0 Å². The van der Waals surface area contributed by atoms with Crippen molar-refractivity contribution >= 4 is 0 Å². The summed E-state index contributed by atoms with van der Waals surface area (Å²) in [7, 11) is 3.69. The first-order valence-electron chi connectivity index (χ1n) is 3.39. The molecule has 1 fully saturated rings. The fourth-order valence-electron chi connectivity index (χ4n) is 1.11. The van der Waals surface area contributed by atoms with Crippen LogP contribution in [0.4, 0.5) is 0 Å². The predicted molar refractivity (Wildman–Crippen MR) is 40.3 cm³/mol. The Morgan fingerprint density at radius 3 is 2.27 bits per heavy atom. The molecule has 1 heterocycles. The molecule has 0 aromatic rings. The van der Waals surface area contributed by atoms with Crippen molar-refractivity contribution in [3.63, 3.8) is 0 Å². The summed E-state index contributed by atoms with van der Waals surface area (Å²) in [6.07, 6.45) is 1.03. The standard InChI is InChI=1S/C6H11N3O2/c1-7-3-4-8(2)6(7)5-9(10)11/h5H,3-4H2,1-2H3. The van der Waals surface area contributed by atoms with Gasteiger partial charge in [0.25, 0.3) is 6.20 Å². The van der Waals surface area contributed by atoms with Crippen molar-refractivity contribution in [3.05, 3.63) is 22.1 Å². The second-order valence-electron chi connectivity index (χ2n) is 2.62. The van der Waals surface area contributed by atoms with E-state index in [0.717, 1.165) is 19.3 Å². The van der Waals surface area contributed by atoms with Crippen molar-refractivity contribution in [2.75, 3.05) is 27.2 Å². The smallest absolute Gasteiger partial charge is 0.274 e. The predicted octanol–water partition coefficient (Wildman–Crippen LogP) is -0.0608. The Bertz CT molecular complexity index is 190. The van der Waals surface area contributed by atoms with Crippen LogP contribution in [0.15, 0.2) is 12.0 Å². The van der Waals surface area contributed by atoms with Gasteiger partial charge in [-0.3, -0.25) is 10.1 Å². The molecule has 0 amide bonds. The first-order chi connectivity index (χ1) is 5.11.